The van der Waals surface area contributed by atoms with Crippen molar-refractivity contribution in [3.8, 4) is 0 Å². The summed E-state index contributed by atoms with van der Waals surface area (Å²) in [4.78, 5) is 20.7. The number of amides is 1. The Hall–Kier alpha value is -1.72. The number of carbonyl (C=O) groups is 1. The van der Waals surface area contributed by atoms with Gasteiger partial charge in [-0.05, 0) is 12.6 Å². The van der Waals surface area contributed by atoms with Crippen molar-refractivity contribution in [3.63, 3.8) is 0 Å². The first-order chi connectivity index (χ1) is 9.75. The number of hydrogen-bond donors (Lipinski definition) is 0. The number of aromatic nitrogens is 1. The molecule has 2 heterocycles. The lowest BCUT2D eigenvalue weighted by Crippen LogP contribution is -2.49. The van der Waals surface area contributed by atoms with Crippen molar-refractivity contribution in [2.45, 2.75) is 6.04 Å². The lowest BCUT2D eigenvalue weighted by atomic mass is 10.0. The van der Waals surface area contributed by atoms with Crippen molar-refractivity contribution in [1.29, 1.82) is 0 Å². The quantitative estimate of drug-likeness (QED) is 0.850. The summed E-state index contributed by atoms with van der Waals surface area (Å²) >= 11 is 1.46. The maximum absolute atomic E-state index is 12.4. The lowest BCUT2D eigenvalue weighted by Gasteiger charge is -2.39. The van der Waals surface area contributed by atoms with Gasteiger partial charge in [0.05, 0.1) is 11.6 Å². The highest BCUT2D eigenvalue weighted by Gasteiger charge is 2.29. The van der Waals surface area contributed by atoms with E-state index in [1.54, 1.807) is 5.51 Å². The molecule has 5 heteroatoms. The lowest BCUT2D eigenvalue weighted by molar-refractivity contribution is 0.0541. The molecule has 1 fully saturated rings. The number of likely N-dealkylation sites (N-methyl/N-ethyl adjacent to an activating group) is 1. The van der Waals surface area contributed by atoms with E-state index >= 15 is 0 Å². The SMILES string of the molecule is CN1CCN(C(=O)c2cscn2)C[C@@H]1c1ccccc1. The summed E-state index contributed by atoms with van der Waals surface area (Å²) in [5, 5.41) is 1.82. The van der Waals surface area contributed by atoms with E-state index in [4.69, 9.17) is 0 Å². The molecule has 0 spiro atoms. The van der Waals surface area contributed by atoms with E-state index in [1.807, 2.05) is 28.5 Å². The van der Waals surface area contributed by atoms with Gasteiger partial charge in [-0.3, -0.25) is 9.69 Å². The molecule has 3 rings (SSSR count). The molecule has 2 aromatic rings. The van der Waals surface area contributed by atoms with Crippen molar-refractivity contribution in [3.05, 3.63) is 52.5 Å². The van der Waals surface area contributed by atoms with Crippen molar-refractivity contribution < 1.29 is 4.79 Å². The van der Waals surface area contributed by atoms with Crippen LogP contribution in [0.15, 0.2) is 41.2 Å². The Bertz CT molecular complexity index is 570. The smallest absolute Gasteiger partial charge is 0.273 e. The first-order valence-electron chi connectivity index (χ1n) is 6.68. The summed E-state index contributed by atoms with van der Waals surface area (Å²) in [6, 6.07) is 10.6. The summed E-state index contributed by atoms with van der Waals surface area (Å²) in [5.74, 6) is 0.0419. The second-order valence-corrected chi connectivity index (χ2v) is 5.75. The molecule has 0 unspecified atom stereocenters. The molecule has 1 saturated heterocycles. The molecule has 4 nitrogen and oxygen atoms in total. The minimum absolute atomic E-state index is 0.0419. The fourth-order valence-electron chi connectivity index (χ4n) is 2.57. The third-order valence-electron chi connectivity index (χ3n) is 3.77. The van der Waals surface area contributed by atoms with Gasteiger partial charge < -0.3 is 4.90 Å². The fourth-order valence-corrected chi connectivity index (χ4v) is 3.10. The van der Waals surface area contributed by atoms with Crippen LogP contribution in [0.2, 0.25) is 0 Å². The number of piperazine rings is 1. The molecular formula is C15H17N3OS. The molecule has 0 saturated carbocycles. The second kappa shape index (κ2) is 5.73. The van der Waals surface area contributed by atoms with E-state index < -0.39 is 0 Å². The average molecular weight is 287 g/mol. The Morgan fingerprint density at radius 3 is 2.80 bits per heavy atom. The van der Waals surface area contributed by atoms with Gasteiger partial charge in [0.15, 0.2) is 0 Å². The third kappa shape index (κ3) is 2.59. The van der Waals surface area contributed by atoms with E-state index in [0.717, 1.165) is 19.6 Å². The molecule has 104 valence electrons. The van der Waals surface area contributed by atoms with Gasteiger partial charge in [0, 0.05) is 25.0 Å². The van der Waals surface area contributed by atoms with E-state index in [1.165, 1.54) is 16.9 Å². The highest BCUT2D eigenvalue weighted by molar-refractivity contribution is 7.07. The molecule has 1 atom stereocenters. The normalized spacial score (nSPS) is 20.1. The van der Waals surface area contributed by atoms with Gasteiger partial charge in [0.2, 0.25) is 0 Å². The zero-order valence-corrected chi connectivity index (χ0v) is 12.2. The van der Waals surface area contributed by atoms with Gasteiger partial charge in [0.1, 0.15) is 5.69 Å². The minimum atomic E-state index is 0.0419. The molecule has 20 heavy (non-hydrogen) atoms. The predicted octanol–water partition coefficient (Wildman–Crippen LogP) is 2.27. The van der Waals surface area contributed by atoms with Crippen LogP contribution in [0.4, 0.5) is 0 Å². The summed E-state index contributed by atoms with van der Waals surface area (Å²) in [5.41, 5.74) is 3.52. The second-order valence-electron chi connectivity index (χ2n) is 5.03. The number of nitrogens with zero attached hydrogens (tertiary/aromatic N) is 3. The largest absolute Gasteiger partial charge is 0.334 e. The summed E-state index contributed by atoms with van der Waals surface area (Å²) in [7, 11) is 2.11. The van der Waals surface area contributed by atoms with Crippen LogP contribution in [0.5, 0.6) is 0 Å². The molecule has 0 aliphatic carbocycles. The number of carbonyl (C=O) groups excluding carboxylic acids is 1. The van der Waals surface area contributed by atoms with Crippen molar-refractivity contribution in [1.82, 2.24) is 14.8 Å². The van der Waals surface area contributed by atoms with Gasteiger partial charge in [-0.15, -0.1) is 11.3 Å². The molecule has 0 N–H and O–H groups in total. The van der Waals surface area contributed by atoms with Crippen LogP contribution in [0.25, 0.3) is 0 Å². The summed E-state index contributed by atoms with van der Waals surface area (Å²) < 4.78 is 0. The minimum Gasteiger partial charge on any atom is -0.334 e. The summed E-state index contributed by atoms with van der Waals surface area (Å²) in [6.07, 6.45) is 0. The Morgan fingerprint density at radius 2 is 2.10 bits per heavy atom. The van der Waals surface area contributed by atoms with E-state index in [-0.39, 0.29) is 11.9 Å². The topological polar surface area (TPSA) is 36.4 Å². The number of benzene rings is 1. The molecule has 0 radical (unpaired) electrons. The van der Waals surface area contributed by atoms with Crippen LogP contribution < -0.4 is 0 Å². The van der Waals surface area contributed by atoms with Crippen molar-refractivity contribution >= 4 is 17.2 Å². The molecule has 1 aliphatic rings. The average Bonchev–Trinajstić information content (AvgIpc) is 3.02. The maximum Gasteiger partial charge on any atom is 0.273 e. The highest BCUT2D eigenvalue weighted by atomic mass is 32.1. The van der Waals surface area contributed by atoms with Gasteiger partial charge in [-0.1, -0.05) is 30.3 Å². The Morgan fingerprint density at radius 1 is 1.30 bits per heavy atom. The standard InChI is InChI=1S/C15H17N3OS/c1-17-7-8-18(15(19)13-10-20-11-16-13)9-14(17)12-5-3-2-4-6-12/h2-6,10-11,14H,7-9H2,1H3/t14-/m1/s1. The van der Waals surface area contributed by atoms with Crippen LogP contribution >= 0.6 is 11.3 Å². The fraction of sp³-hybridized carbons (Fsp3) is 0.333. The number of thiazole rings is 1. The van der Waals surface area contributed by atoms with Gasteiger partial charge >= 0.3 is 0 Å². The summed E-state index contributed by atoms with van der Waals surface area (Å²) in [6.45, 7) is 2.36. The molecule has 1 aromatic heterocycles. The molecular weight excluding hydrogens is 270 g/mol. The van der Waals surface area contributed by atoms with Crippen LogP contribution in [-0.4, -0.2) is 47.4 Å². The molecule has 0 bridgehead atoms. The number of rotatable bonds is 2. The van der Waals surface area contributed by atoms with E-state index in [0.29, 0.717) is 5.69 Å². The van der Waals surface area contributed by atoms with Crippen LogP contribution in [-0.2, 0) is 0 Å². The monoisotopic (exact) mass is 287 g/mol. The third-order valence-corrected chi connectivity index (χ3v) is 4.36. The number of hydrogen-bond acceptors (Lipinski definition) is 4. The van der Waals surface area contributed by atoms with Crippen molar-refractivity contribution in [2.75, 3.05) is 26.7 Å². The predicted molar refractivity (Wildman–Crippen MR) is 79.8 cm³/mol. The zero-order valence-electron chi connectivity index (χ0n) is 11.4. The Labute approximate surface area is 122 Å². The highest BCUT2D eigenvalue weighted by Crippen LogP contribution is 2.24. The van der Waals surface area contributed by atoms with Gasteiger partial charge in [-0.2, -0.15) is 0 Å². The molecule has 1 aromatic carbocycles. The Balaban J connectivity index is 1.78. The molecule has 1 amide bonds. The molecule has 1 aliphatic heterocycles. The van der Waals surface area contributed by atoms with E-state index in [2.05, 4.69) is 29.1 Å². The van der Waals surface area contributed by atoms with Crippen LogP contribution in [0, 0.1) is 0 Å². The first kappa shape index (κ1) is 13.3. The maximum atomic E-state index is 12.4. The van der Waals surface area contributed by atoms with Gasteiger partial charge in [0.25, 0.3) is 5.91 Å². The van der Waals surface area contributed by atoms with Crippen LogP contribution in [0.3, 0.4) is 0 Å². The van der Waals surface area contributed by atoms with Gasteiger partial charge in [-0.25, -0.2) is 4.98 Å². The van der Waals surface area contributed by atoms with Crippen LogP contribution in [0.1, 0.15) is 22.1 Å². The Kier molecular flexibility index (Phi) is 3.80. The van der Waals surface area contributed by atoms with Crippen molar-refractivity contribution in [2.24, 2.45) is 0 Å². The zero-order chi connectivity index (χ0) is 13.9. The first-order valence-corrected chi connectivity index (χ1v) is 7.62. The van der Waals surface area contributed by atoms with E-state index in [9.17, 15) is 4.79 Å².